The van der Waals surface area contributed by atoms with Crippen molar-refractivity contribution in [2.75, 3.05) is 26.3 Å². The van der Waals surface area contributed by atoms with E-state index in [1.165, 1.54) is 12.0 Å². The Bertz CT molecular complexity index is 318. The SMILES string of the molecule is FC(F)COCCN1CCC[C@H]1c1ccsc1. The lowest BCUT2D eigenvalue weighted by molar-refractivity contribution is 0.00869. The van der Waals surface area contributed by atoms with E-state index in [2.05, 4.69) is 21.7 Å². The van der Waals surface area contributed by atoms with E-state index in [9.17, 15) is 8.78 Å². The Morgan fingerprint density at radius 2 is 2.41 bits per heavy atom. The van der Waals surface area contributed by atoms with E-state index < -0.39 is 13.0 Å². The van der Waals surface area contributed by atoms with Gasteiger partial charge in [0.2, 0.25) is 0 Å². The Kier molecular flexibility index (Phi) is 4.88. The van der Waals surface area contributed by atoms with Crippen LogP contribution in [0.3, 0.4) is 0 Å². The molecule has 17 heavy (non-hydrogen) atoms. The zero-order chi connectivity index (χ0) is 12.1. The molecule has 2 rings (SSSR count). The van der Waals surface area contributed by atoms with Gasteiger partial charge in [-0.3, -0.25) is 4.90 Å². The van der Waals surface area contributed by atoms with Gasteiger partial charge in [0.1, 0.15) is 6.61 Å². The monoisotopic (exact) mass is 261 g/mol. The van der Waals surface area contributed by atoms with Gasteiger partial charge in [0.15, 0.2) is 0 Å². The minimum absolute atomic E-state index is 0.394. The number of ether oxygens (including phenoxy) is 1. The standard InChI is InChI=1S/C12H17F2NOS/c13-12(14)8-16-6-5-15-4-1-2-11(15)10-3-7-17-9-10/h3,7,9,11-12H,1-2,4-6,8H2/t11-/m0/s1. The van der Waals surface area contributed by atoms with Gasteiger partial charge in [0.05, 0.1) is 6.61 Å². The topological polar surface area (TPSA) is 12.5 Å². The van der Waals surface area contributed by atoms with Crippen LogP contribution < -0.4 is 0 Å². The van der Waals surface area contributed by atoms with Crippen molar-refractivity contribution in [1.29, 1.82) is 0 Å². The van der Waals surface area contributed by atoms with Gasteiger partial charge in [-0.1, -0.05) is 0 Å². The van der Waals surface area contributed by atoms with Crippen molar-refractivity contribution in [3.63, 3.8) is 0 Å². The molecule has 0 amide bonds. The van der Waals surface area contributed by atoms with Crippen molar-refractivity contribution >= 4 is 11.3 Å². The van der Waals surface area contributed by atoms with Gasteiger partial charge in [-0.05, 0) is 41.8 Å². The van der Waals surface area contributed by atoms with Crippen LogP contribution in [0.2, 0.25) is 0 Å². The molecule has 0 aromatic carbocycles. The summed E-state index contributed by atoms with van der Waals surface area (Å²) >= 11 is 1.70. The molecular formula is C12H17F2NOS. The molecular weight excluding hydrogens is 244 g/mol. The average Bonchev–Trinajstić information content (AvgIpc) is 2.94. The van der Waals surface area contributed by atoms with Crippen LogP contribution in [0.25, 0.3) is 0 Å². The number of nitrogens with zero attached hydrogens (tertiary/aromatic N) is 1. The van der Waals surface area contributed by atoms with Gasteiger partial charge < -0.3 is 4.74 Å². The fourth-order valence-electron chi connectivity index (χ4n) is 2.29. The van der Waals surface area contributed by atoms with Crippen molar-refractivity contribution in [1.82, 2.24) is 4.90 Å². The summed E-state index contributed by atoms with van der Waals surface area (Å²) in [6.07, 6.45) is -0.0257. The maximum Gasteiger partial charge on any atom is 0.261 e. The molecule has 96 valence electrons. The number of likely N-dealkylation sites (tertiary alicyclic amines) is 1. The molecule has 0 bridgehead atoms. The zero-order valence-corrected chi connectivity index (χ0v) is 10.5. The van der Waals surface area contributed by atoms with Crippen LogP contribution >= 0.6 is 11.3 Å². The van der Waals surface area contributed by atoms with E-state index in [1.54, 1.807) is 11.3 Å². The summed E-state index contributed by atoms with van der Waals surface area (Å²) in [4.78, 5) is 2.33. The first-order valence-corrected chi connectivity index (χ1v) is 6.83. The fourth-order valence-corrected chi connectivity index (χ4v) is 3.00. The third-order valence-electron chi connectivity index (χ3n) is 3.06. The highest BCUT2D eigenvalue weighted by atomic mass is 32.1. The summed E-state index contributed by atoms with van der Waals surface area (Å²) in [5, 5.41) is 4.25. The maximum absolute atomic E-state index is 11.9. The molecule has 0 spiro atoms. The molecule has 5 heteroatoms. The lowest BCUT2D eigenvalue weighted by Gasteiger charge is -2.23. The number of hydrogen-bond acceptors (Lipinski definition) is 3. The first kappa shape index (κ1) is 12.9. The number of hydrogen-bond donors (Lipinski definition) is 0. The molecule has 0 unspecified atom stereocenters. The summed E-state index contributed by atoms with van der Waals surface area (Å²) < 4.78 is 28.7. The molecule has 0 radical (unpaired) electrons. The second kappa shape index (κ2) is 6.42. The fraction of sp³-hybridized carbons (Fsp3) is 0.667. The van der Waals surface area contributed by atoms with Crippen molar-refractivity contribution in [3.8, 4) is 0 Å². The molecule has 0 aliphatic carbocycles. The number of thiophene rings is 1. The first-order chi connectivity index (χ1) is 8.27. The Morgan fingerprint density at radius 3 is 3.12 bits per heavy atom. The van der Waals surface area contributed by atoms with Crippen LogP contribution in [0.5, 0.6) is 0 Å². The Balaban J connectivity index is 1.76. The van der Waals surface area contributed by atoms with Crippen LogP contribution in [-0.4, -0.2) is 37.6 Å². The third kappa shape index (κ3) is 3.72. The van der Waals surface area contributed by atoms with Gasteiger partial charge in [0, 0.05) is 12.6 Å². The van der Waals surface area contributed by atoms with Gasteiger partial charge >= 0.3 is 0 Å². The molecule has 1 saturated heterocycles. The van der Waals surface area contributed by atoms with Crippen LogP contribution in [0.15, 0.2) is 16.8 Å². The van der Waals surface area contributed by atoms with E-state index in [1.807, 2.05) is 0 Å². The van der Waals surface area contributed by atoms with E-state index in [0.29, 0.717) is 12.6 Å². The molecule has 1 aromatic heterocycles. The molecule has 2 nitrogen and oxygen atoms in total. The summed E-state index contributed by atoms with van der Waals surface area (Å²) in [7, 11) is 0. The Hall–Kier alpha value is -0.520. The maximum atomic E-state index is 11.9. The van der Waals surface area contributed by atoms with Gasteiger partial charge in [-0.15, -0.1) is 0 Å². The lowest BCUT2D eigenvalue weighted by atomic mass is 10.1. The molecule has 1 fully saturated rings. The molecule has 0 N–H and O–H groups in total. The van der Waals surface area contributed by atoms with E-state index in [4.69, 9.17) is 4.74 Å². The predicted octanol–water partition coefficient (Wildman–Crippen LogP) is 3.17. The lowest BCUT2D eigenvalue weighted by Crippen LogP contribution is -2.27. The number of halogens is 2. The van der Waals surface area contributed by atoms with Crippen molar-refractivity contribution in [2.45, 2.75) is 25.3 Å². The molecule has 1 aliphatic heterocycles. The summed E-state index contributed by atoms with van der Waals surface area (Å²) in [5.41, 5.74) is 1.35. The smallest absolute Gasteiger partial charge is 0.261 e. The number of rotatable bonds is 6. The molecule has 2 heterocycles. The highest BCUT2D eigenvalue weighted by molar-refractivity contribution is 7.07. The Labute approximate surface area is 104 Å². The van der Waals surface area contributed by atoms with Gasteiger partial charge in [-0.25, -0.2) is 8.78 Å². The molecule has 1 atom stereocenters. The third-order valence-corrected chi connectivity index (χ3v) is 3.76. The van der Waals surface area contributed by atoms with Crippen molar-refractivity contribution in [2.24, 2.45) is 0 Å². The van der Waals surface area contributed by atoms with E-state index >= 15 is 0 Å². The van der Waals surface area contributed by atoms with Crippen molar-refractivity contribution in [3.05, 3.63) is 22.4 Å². The minimum Gasteiger partial charge on any atom is -0.374 e. The molecule has 1 aliphatic rings. The summed E-state index contributed by atoms with van der Waals surface area (Å²) in [6.45, 7) is 1.73. The van der Waals surface area contributed by atoms with E-state index in [0.717, 1.165) is 19.5 Å². The van der Waals surface area contributed by atoms with Crippen molar-refractivity contribution < 1.29 is 13.5 Å². The van der Waals surface area contributed by atoms with Crippen LogP contribution in [-0.2, 0) is 4.74 Å². The zero-order valence-electron chi connectivity index (χ0n) is 9.65. The van der Waals surface area contributed by atoms with Gasteiger partial charge in [0.25, 0.3) is 6.43 Å². The van der Waals surface area contributed by atoms with Gasteiger partial charge in [-0.2, -0.15) is 11.3 Å². The Morgan fingerprint density at radius 1 is 1.53 bits per heavy atom. The average molecular weight is 261 g/mol. The van der Waals surface area contributed by atoms with Crippen LogP contribution in [0, 0.1) is 0 Å². The van der Waals surface area contributed by atoms with Crippen LogP contribution in [0.4, 0.5) is 8.78 Å². The normalized spacial score (nSPS) is 21.5. The quantitative estimate of drug-likeness (QED) is 0.729. The second-order valence-electron chi connectivity index (χ2n) is 4.22. The minimum atomic E-state index is -2.36. The predicted molar refractivity (Wildman–Crippen MR) is 64.7 cm³/mol. The number of alkyl halides is 2. The largest absolute Gasteiger partial charge is 0.374 e. The highest BCUT2D eigenvalue weighted by Gasteiger charge is 2.25. The summed E-state index contributed by atoms with van der Waals surface area (Å²) in [5.74, 6) is 0. The first-order valence-electron chi connectivity index (χ1n) is 5.89. The second-order valence-corrected chi connectivity index (χ2v) is 5.00. The summed E-state index contributed by atoms with van der Waals surface area (Å²) in [6, 6.07) is 2.60. The molecule has 1 aromatic rings. The highest BCUT2D eigenvalue weighted by Crippen LogP contribution is 2.32. The van der Waals surface area contributed by atoms with E-state index in [-0.39, 0.29) is 0 Å². The van der Waals surface area contributed by atoms with Crippen LogP contribution in [0.1, 0.15) is 24.4 Å². The molecule has 0 saturated carbocycles.